The third-order valence-corrected chi connectivity index (χ3v) is 2.75. The van der Waals surface area contributed by atoms with Crippen molar-refractivity contribution in [3.63, 3.8) is 0 Å². The summed E-state index contributed by atoms with van der Waals surface area (Å²) >= 11 is 0. The summed E-state index contributed by atoms with van der Waals surface area (Å²) < 4.78 is 27.7. The number of aromatic nitrogens is 2. The molecular weight excluding hydrogens is 212 g/mol. The normalized spacial score (nSPS) is 15.3. The van der Waals surface area contributed by atoms with Gasteiger partial charge in [0.1, 0.15) is 17.4 Å². The molecule has 1 fully saturated rings. The summed E-state index contributed by atoms with van der Waals surface area (Å²) in [5, 5.41) is 9.42. The molecule has 3 rings (SSSR count). The molecule has 2 aromatic rings. The van der Waals surface area contributed by atoms with Gasteiger partial charge < -0.3 is 4.57 Å². The van der Waals surface area contributed by atoms with Crippen molar-refractivity contribution in [3.8, 4) is 6.07 Å². The van der Waals surface area contributed by atoms with E-state index in [0.717, 1.165) is 18.9 Å². The second-order valence-corrected chi connectivity index (χ2v) is 3.92. The van der Waals surface area contributed by atoms with Crippen LogP contribution in [-0.4, -0.2) is 9.55 Å². The molecule has 0 aliphatic heterocycles. The Balaban J connectivity index is 2.36. The second-order valence-electron chi connectivity index (χ2n) is 3.92. The Bertz CT molecular complexity index is 620. The van der Waals surface area contributed by atoms with Gasteiger partial charge in [-0.25, -0.2) is 4.39 Å². The number of fused-ring (bicyclic) bond motifs is 1. The van der Waals surface area contributed by atoms with Crippen LogP contribution >= 0.6 is 0 Å². The predicted molar refractivity (Wildman–Crippen MR) is 52.6 cm³/mol. The summed E-state index contributed by atoms with van der Waals surface area (Å²) in [6.07, 6.45) is 1.91. The molecule has 3 nitrogen and oxygen atoms in total. The zero-order valence-electron chi connectivity index (χ0n) is 8.24. The number of halogens is 2. The van der Waals surface area contributed by atoms with Gasteiger partial charge >= 0.3 is 0 Å². The fourth-order valence-corrected chi connectivity index (χ4v) is 1.89. The minimum absolute atomic E-state index is 0.213. The SMILES string of the molecule is N#Cc1cc2cc(F)c(F)nc2n1C1CC1. The maximum atomic E-state index is 13.0. The van der Waals surface area contributed by atoms with Crippen molar-refractivity contribution in [2.24, 2.45) is 0 Å². The maximum Gasteiger partial charge on any atom is 0.250 e. The molecule has 0 bridgehead atoms. The minimum atomic E-state index is -1.11. The van der Waals surface area contributed by atoms with E-state index in [1.807, 2.05) is 6.07 Å². The summed E-state index contributed by atoms with van der Waals surface area (Å²) in [4.78, 5) is 3.58. The lowest BCUT2D eigenvalue weighted by atomic mass is 10.3. The molecule has 2 aromatic heterocycles. The van der Waals surface area contributed by atoms with Gasteiger partial charge in [0.25, 0.3) is 5.95 Å². The van der Waals surface area contributed by atoms with E-state index >= 15 is 0 Å². The van der Waals surface area contributed by atoms with Gasteiger partial charge in [-0.2, -0.15) is 14.6 Å². The van der Waals surface area contributed by atoms with Crippen molar-refractivity contribution in [3.05, 3.63) is 29.6 Å². The molecule has 0 radical (unpaired) electrons. The number of nitriles is 1. The van der Waals surface area contributed by atoms with Gasteiger partial charge in [-0.05, 0) is 25.0 Å². The van der Waals surface area contributed by atoms with Crippen LogP contribution in [0.5, 0.6) is 0 Å². The molecule has 0 atom stereocenters. The summed E-state index contributed by atoms with van der Waals surface area (Å²) in [6.45, 7) is 0. The molecule has 1 aliphatic rings. The molecule has 0 N–H and O–H groups in total. The van der Waals surface area contributed by atoms with Gasteiger partial charge in [-0.15, -0.1) is 0 Å². The van der Waals surface area contributed by atoms with E-state index in [9.17, 15) is 8.78 Å². The minimum Gasteiger partial charge on any atom is -0.314 e. The quantitative estimate of drug-likeness (QED) is 0.691. The first-order valence-electron chi connectivity index (χ1n) is 4.98. The number of hydrogen-bond acceptors (Lipinski definition) is 2. The largest absolute Gasteiger partial charge is 0.314 e. The highest BCUT2D eigenvalue weighted by Gasteiger charge is 2.28. The van der Waals surface area contributed by atoms with Crippen molar-refractivity contribution in [1.29, 1.82) is 5.26 Å². The molecule has 2 heterocycles. The van der Waals surface area contributed by atoms with E-state index in [0.29, 0.717) is 16.7 Å². The van der Waals surface area contributed by atoms with Gasteiger partial charge in [-0.3, -0.25) is 0 Å². The van der Waals surface area contributed by atoms with Crippen molar-refractivity contribution in [1.82, 2.24) is 9.55 Å². The standard InChI is InChI=1S/C11H7F2N3/c12-9-4-6-3-8(5-14)16(7-1-2-7)11(6)15-10(9)13/h3-4,7H,1-2H2. The molecule has 0 spiro atoms. The van der Waals surface area contributed by atoms with Crippen LogP contribution in [0.15, 0.2) is 12.1 Å². The number of rotatable bonds is 1. The van der Waals surface area contributed by atoms with Gasteiger partial charge in [0.05, 0.1) is 0 Å². The van der Waals surface area contributed by atoms with Gasteiger partial charge in [0.15, 0.2) is 5.82 Å². The van der Waals surface area contributed by atoms with Crippen LogP contribution in [0, 0.1) is 23.1 Å². The van der Waals surface area contributed by atoms with Crippen LogP contribution in [0.2, 0.25) is 0 Å². The molecule has 5 heteroatoms. The predicted octanol–water partition coefficient (Wildman–Crippen LogP) is 2.52. The Hall–Kier alpha value is -1.96. The van der Waals surface area contributed by atoms with E-state index in [1.54, 1.807) is 10.6 Å². The van der Waals surface area contributed by atoms with Crippen LogP contribution in [-0.2, 0) is 0 Å². The smallest absolute Gasteiger partial charge is 0.250 e. The highest BCUT2D eigenvalue weighted by molar-refractivity contribution is 5.79. The fraction of sp³-hybridized carbons (Fsp3) is 0.273. The average Bonchev–Trinajstić information content (AvgIpc) is 3.03. The van der Waals surface area contributed by atoms with Gasteiger partial charge in [0, 0.05) is 11.4 Å². The van der Waals surface area contributed by atoms with Crippen LogP contribution in [0.1, 0.15) is 24.6 Å². The Kier molecular flexibility index (Phi) is 1.75. The lowest BCUT2D eigenvalue weighted by Crippen LogP contribution is -2.00. The van der Waals surface area contributed by atoms with Gasteiger partial charge in [-0.1, -0.05) is 0 Å². The number of nitrogens with zero attached hydrogens (tertiary/aromatic N) is 3. The Morgan fingerprint density at radius 2 is 2.12 bits per heavy atom. The first kappa shape index (κ1) is 9.28. The second kappa shape index (κ2) is 3.01. The molecule has 1 saturated carbocycles. The number of hydrogen-bond donors (Lipinski definition) is 0. The Labute approximate surface area is 89.9 Å². The summed E-state index contributed by atoms with van der Waals surface area (Å²) in [5.74, 6) is -2.10. The van der Waals surface area contributed by atoms with Crippen LogP contribution in [0.4, 0.5) is 8.78 Å². The third kappa shape index (κ3) is 1.20. The van der Waals surface area contributed by atoms with E-state index in [1.165, 1.54) is 0 Å². The molecule has 16 heavy (non-hydrogen) atoms. The van der Waals surface area contributed by atoms with E-state index in [-0.39, 0.29) is 6.04 Å². The van der Waals surface area contributed by atoms with Crippen LogP contribution in [0.3, 0.4) is 0 Å². The Morgan fingerprint density at radius 3 is 2.75 bits per heavy atom. The molecule has 0 amide bonds. The van der Waals surface area contributed by atoms with E-state index < -0.39 is 11.8 Å². The van der Waals surface area contributed by atoms with E-state index in [2.05, 4.69) is 4.98 Å². The van der Waals surface area contributed by atoms with E-state index in [4.69, 9.17) is 5.26 Å². The average molecular weight is 219 g/mol. The first-order valence-corrected chi connectivity index (χ1v) is 4.98. The molecular formula is C11H7F2N3. The van der Waals surface area contributed by atoms with Crippen molar-refractivity contribution in [2.75, 3.05) is 0 Å². The molecule has 0 unspecified atom stereocenters. The monoisotopic (exact) mass is 219 g/mol. The van der Waals surface area contributed by atoms with Crippen molar-refractivity contribution in [2.45, 2.75) is 18.9 Å². The van der Waals surface area contributed by atoms with Gasteiger partial charge in [0.2, 0.25) is 0 Å². The summed E-state index contributed by atoms with van der Waals surface area (Å²) in [5.41, 5.74) is 0.771. The topological polar surface area (TPSA) is 41.6 Å². The third-order valence-electron chi connectivity index (χ3n) is 2.75. The zero-order valence-corrected chi connectivity index (χ0v) is 8.24. The molecule has 1 aliphatic carbocycles. The number of pyridine rings is 1. The highest BCUT2D eigenvalue weighted by atomic mass is 19.2. The van der Waals surface area contributed by atoms with Crippen molar-refractivity contribution >= 4 is 11.0 Å². The zero-order chi connectivity index (χ0) is 11.3. The fourth-order valence-electron chi connectivity index (χ4n) is 1.89. The van der Waals surface area contributed by atoms with Crippen molar-refractivity contribution < 1.29 is 8.78 Å². The lowest BCUT2D eigenvalue weighted by molar-refractivity contribution is 0.482. The molecule has 80 valence electrons. The first-order chi connectivity index (χ1) is 7.70. The summed E-state index contributed by atoms with van der Waals surface area (Å²) in [6, 6.07) is 4.86. The Morgan fingerprint density at radius 1 is 1.38 bits per heavy atom. The molecule has 0 saturated heterocycles. The maximum absolute atomic E-state index is 13.0. The lowest BCUT2D eigenvalue weighted by Gasteiger charge is -2.03. The molecule has 0 aromatic carbocycles. The summed E-state index contributed by atoms with van der Waals surface area (Å²) in [7, 11) is 0. The highest BCUT2D eigenvalue weighted by Crippen LogP contribution is 2.39. The van der Waals surface area contributed by atoms with Crippen LogP contribution in [0.25, 0.3) is 11.0 Å². The van der Waals surface area contributed by atoms with Crippen LogP contribution < -0.4 is 0 Å².